The minimum absolute atomic E-state index is 0.0227. The lowest BCUT2D eigenvalue weighted by Gasteiger charge is -2.18. The molecule has 0 aliphatic heterocycles. The molecule has 1 nitrogen and oxygen atoms in total. The highest BCUT2D eigenvalue weighted by Crippen LogP contribution is 2.55. The first-order chi connectivity index (χ1) is 9.89. The normalized spacial score (nSPS) is 21.4. The van der Waals surface area contributed by atoms with E-state index in [0.29, 0.717) is 5.56 Å². The van der Waals surface area contributed by atoms with E-state index in [1.165, 1.54) is 18.2 Å². The molecule has 1 fully saturated rings. The van der Waals surface area contributed by atoms with E-state index in [1.54, 1.807) is 26.0 Å². The van der Waals surface area contributed by atoms with Gasteiger partial charge in [-0.15, -0.1) is 0 Å². The minimum Gasteiger partial charge on any atom is -0.390 e. The average Bonchev–Trinajstić information content (AvgIpc) is 3.19. The highest BCUT2D eigenvalue weighted by molar-refractivity contribution is 5.70. The highest BCUT2D eigenvalue weighted by Gasteiger charge is 2.48. The molecule has 2 aromatic carbocycles. The molecule has 3 rings (SSSR count). The Kier molecular flexibility index (Phi) is 3.33. The van der Waals surface area contributed by atoms with Gasteiger partial charge in [-0.05, 0) is 55.4 Å². The van der Waals surface area contributed by atoms with Crippen molar-refractivity contribution in [3.8, 4) is 11.1 Å². The van der Waals surface area contributed by atoms with E-state index in [1.807, 2.05) is 12.1 Å². The number of hydrogen-bond acceptors (Lipinski definition) is 1. The Bertz CT molecular complexity index is 653. The van der Waals surface area contributed by atoms with E-state index in [2.05, 4.69) is 0 Å². The summed E-state index contributed by atoms with van der Waals surface area (Å²) in [5.41, 5.74) is 0.749. The van der Waals surface area contributed by atoms with Gasteiger partial charge >= 0.3 is 0 Å². The van der Waals surface area contributed by atoms with E-state index < -0.39 is 17.2 Å². The van der Waals surface area contributed by atoms with Crippen LogP contribution in [0.15, 0.2) is 42.5 Å². The average molecular weight is 288 g/mol. The summed E-state index contributed by atoms with van der Waals surface area (Å²) in [5, 5.41) is 10.1. The number of benzene rings is 2. The van der Waals surface area contributed by atoms with Crippen LogP contribution in [-0.4, -0.2) is 10.7 Å². The van der Waals surface area contributed by atoms with Crippen LogP contribution in [-0.2, 0) is 0 Å². The maximum absolute atomic E-state index is 14.0. The Hall–Kier alpha value is -1.74. The third-order valence-electron chi connectivity index (χ3n) is 4.29. The van der Waals surface area contributed by atoms with E-state index >= 15 is 0 Å². The van der Waals surface area contributed by atoms with Crippen molar-refractivity contribution in [2.75, 3.05) is 0 Å². The van der Waals surface area contributed by atoms with Gasteiger partial charge in [0, 0.05) is 0 Å². The van der Waals surface area contributed by atoms with Crippen LogP contribution in [0.25, 0.3) is 11.1 Å². The van der Waals surface area contributed by atoms with Gasteiger partial charge in [0.05, 0.1) is 11.2 Å². The van der Waals surface area contributed by atoms with Crippen LogP contribution in [0.2, 0.25) is 0 Å². The van der Waals surface area contributed by atoms with Crippen LogP contribution < -0.4 is 0 Å². The molecule has 2 unspecified atom stereocenters. The third kappa shape index (κ3) is 2.58. The molecule has 2 aromatic rings. The second-order valence-corrected chi connectivity index (χ2v) is 6.29. The zero-order chi connectivity index (χ0) is 15.2. The summed E-state index contributed by atoms with van der Waals surface area (Å²) in [4.78, 5) is 0. The summed E-state index contributed by atoms with van der Waals surface area (Å²) in [6.07, 6.45) is 0.844. The fourth-order valence-corrected chi connectivity index (χ4v) is 3.12. The Morgan fingerprint density at radius 3 is 2.19 bits per heavy atom. The lowest BCUT2D eigenvalue weighted by atomic mass is 9.92. The van der Waals surface area contributed by atoms with Crippen molar-refractivity contribution < 1.29 is 13.9 Å². The van der Waals surface area contributed by atoms with Gasteiger partial charge in [-0.25, -0.2) is 8.78 Å². The molecule has 21 heavy (non-hydrogen) atoms. The van der Waals surface area contributed by atoms with Crippen LogP contribution in [0.3, 0.4) is 0 Å². The van der Waals surface area contributed by atoms with Gasteiger partial charge in [-0.2, -0.15) is 0 Å². The first-order valence-electron chi connectivity index (χ1n) is 7.15. The molecule has 0 heterocycles. The molecule has 1 aliphatic carbocycles. The molecule has 2 atom stereocenters. The van der Waals surface area contributed by atoms with E-state index in [9.17, 15) is 13.9 Å². The van der Waals surface area contributed by atoms with Crippen molar-refractivity contribution in [2.45, 2.75) is 31.8 Å². The number of aliphatic hydroxyl groups is 1. The van der Waals surface area contributed by atoms with Crippen LogP contribution >= 0.6 is 0 Å². The fraction of sp³-hybridized carbons (Fsp3) is 0.333. The molecule has 1 saturated carbocycles. The smallest absolute Gasteiger partial charge is 0.133 e. The van der Waals surface area contributed by atoms with Crippen LogP contribution in [0.5, 0.6) is 0 Å². The minimum atomic E-state index is -0.772. The first kappa shape index (κ1) is 14.2. The molecule has 0 saturated heterocycles. The second kappa shape index (κ2) is 4.92. The molecular weight excluding hydrogens is 270 g/mol. The van der Waals surface area contributed by atoms with Crippen LogP contribution in [0.1, 0.15) is 31.7 Å². The zero-order valence-electron chi connectivity index (χ0n) is 12.1. The summed E-state index contributed by atoms with van der Waals surface area (Å²) < 4.78 is 28.1. The molecule has 3 heteroatoms. The van der Waals surface area contributed by atoms with Gasteiger partial charge < -0.3 is 5.11 Å². The van der Waals surface area contributed by atoms with E-state index in [4.69, 9.17) is 0 Å². The predicted molar refractivity (Wildman–Crippen MR) is 78.9 cm³/mol. The zero-order valence-corrected chi connectivity index (χ0v) is 12.1. The SMILES string of the molecule is CC(C)(O)C1CC1c1ccccc1-c1c(F)cccc1F. The summed E-state index contributed by atoms with van der Waals surface area (Å²) in [5.74, 6) is -0.820. The monoisotopic (exact) mass is 288 g/mol. The van der Waals surface area contributed by atoms with Crippen molar-refractivity contribution in [1.29, 1.82) is 0 Å². The second-order valence-electron chi connectivity index (χ2n) is 6.29. The van der Waals surface area contributed by atoms with Crippen molar-refractivity contribution >= 4 is 0 Å². The molecule has 0 spiro atoms. The Morgan fingerprint density at radius 1 is 1.00 bits per heavy atom. The van der Waals surface area contributed by atoms with Crippen molar-refractivity contribution in [3.63, 3.8) is 0 Å². The molecule has 0 amide bonds. The molecule has 0 radical (unpaired) electrons. The van der Waals surface area contributed by atoms with Crippen LogP contribution in [0.4, 0.5) is 8.78 Å². The summed E-state index contributed by atoms with van der Waals surface area (Å²) >= 11 is 0. The third-order valence-corrected chi connectivity index (χ3v) is 4.29. The number of hydrogen-bond donors (Lipinski definition) is 1. The molecule has 1 aliphatic rings. The molecule has 0 bridgehead atoms. The quantitative estimate of drug-likeness (QED) is 0.881. The van der Waals surface area contributed by atoms with Gasteiger partial charge in [-0.1, -0.05) is 30.3 Å². The van der Waals surface area contributed by atoms with Crippen LogP contribution in [0, 0.1) is 17.6 Å². The molecule has 0 aromatic heterocycles. The van der Waals surface area contributed by atoms with Crippen molar-refractivity contribution in [2.24, 2.45) is 5.92 Å². The maximum atomic E-state index is 14.0. The molecule has 1 N–H and O–H groups in total. The number of rotatable bonds is 3. The van der Waals surface area contributed by atoms with E-state index in [-0.39, 0.29) is 17.4 Å². The van der Waals surface area contributed by atoms with Gasteiger partial charge in [0.25, 0.3) is 0 Å². The highest BCUT2D eigenvalue weighted by atomic mass is 19.1. The Labute approximate surface area is 123 Å². The fourth-order valence-electron chi connectivity index (χ4n) is 3.12. The van der Waals surface area contributed by atoms with Gasteiger partial charge in [0.15, 0.2) is 0 Å². The van der Waals surface area contributed by atoms with Gasteiger partial charge in [-0.3, -0.25) is 0 Å². The number of halogens is 2. The molecule has 110 valence electrons. The summed E-state index contributed by atoms with van der Waals surface area (Å²) in [6, 6.07) is 11.2. The Balaban J connectivity index is 2.06. The lowest BCUT2D eigenvalue weighted by Crippen LogP contribution is -2.22. The van der Waals surface area contributed by atoms with Gasteiger partial charge in [0.1, 0.15) is 11.6 Å². The topological polar surface area (TPSA) is 20.2 Å². The maximum Gasteiger partial charge on any atom is 0.133 e. The lowest BCUT2D eigenvalue weighted by molar-refractivity contribution is 0.0546. The first-order valence-corrected chi connectivity index (χ1v) is 7.15. The van der Waals surface area contributed by atoms with Gasteiger partial charge in [0.2, 0.25) is 0 Å². The summed E-state index contributed by atoms with van der Waals surface area (Å²) in [7, 11) is 0. The summed E-state index contributed by atoms with van der Waals surface area (Å²) in [6.45, 7) is 3.56. The van der Waals surface area contributed by atoms with Crippen molar-refractivity contribution in [3.05, 3.63) is 59.7 Å². The standard InChI is InChI=1S/C18H18F2O/c1-18(2,21)14-10-13(14)11-6-3-4-7-12(11)17-15(19)8-5-9-16(17)20/h3-9,13-14,21H,10H2,1-2H3. The van der Waals surface area contributed by atoms with E-state index in [0.717, 1.165) is 12.0 Å². The largest absolute Gasteiger partial charge is 0.390 e. The Morgan fingerprint density at radius 2 is 1.62 bits per heavy atom. The predicted octanol–water partition coefficient (Wildman–Crippen LogP) is 4.51. The molecular formula is C18H18F2O. The van der Waals surface area contributed by atoms with Crippen molar-refractivity contribution in [1.82, 2.24) is 0 Å².